The van der Waals surface area contributed by atoms with Crippen molar-refractivity contribution in [1.82, 2.24) is 4.98 Å². The van der Waals surface area contributed by atoms with Crippen molar-refractivity contribution in [2.24, 2.45) is 0 Å². The van der Waals surface area contributed by atoms with Crippen molar-refractivity contribution in [3.63, 3.8) is 0 Å². The van der Waals surface area contributed by atoms with Crippen LogP contribution in [0.15, 0.2) is 48.0 Å². The normalized spacial score (nSPS) is 16.6. The van der Waals surface area contributed by atoms with Crippen LogP contribution in [0, 0.1) is 13.8 Å². The van der Waals surface area contributed by atoms with Crippen molar-refractivity contribution in [3.05, 3.63) is 75.3 Å². The lowest BCUT2D eigenvalue weighted by Crippen LogP contribution is -2.29. The van der Waals surface area contributed by atoms with Gasteiger partial charge in [0.25, 0.3) is 5.78 Å². The van der Waals surface area contributed by atoms with E-state index in [-0.39, 0.29) is 27.9 Å². The molecule has 1 N–H and O–H groups in total. The molecule has 0 saturated carbocycles. The molecule has 1 fully saturated rings. The number of hydrogen-bond acceptors (Lipinski definition) is 9. The summed E-state index contributed by atoms with van der Waals surface area (Å²) in [5, 5.41) is 11.6. The summed E-state index contributed by atoms with van der Waals surface area (Å²) in [4.78, 5) is 45.4. The summed E-state index contributed by atoms with van der Waals surface area (Å²) < 4.78 is 16.2. The topological polar surface area (TPSA) is 115 Å². The van der Waals surface area contributed by atoms with Gasteiger partial charge in [-0.15, -0.1) is 0 Å². The number of anilines is 1. The molecule has 0 aliphatic carbocycles. The molecule has 10 heteroatoms. The second kappa shape index (κ2) is 11.1. The van der Waals surface area contributed by atoms with Gasteiger partial charge < -0.3 is 19.3 Å². The Hall–Kier alpha value is -4.18. The van der Waals surface area contributed by atoms with Gasteiger partial charge in [0, 0.05) is 11.1 Å². The largest absolute Gasteiger partial charge is 0.507 e. The monoisotopic (exact) mass is 536 g/mol. The number of para-hydroxylation sites is 1. The first-order valence-corrected chi connectivity index (χ1v) is 12.9. The highest BCUT2D eigenvalue weighted by Gasteiger charge is 2.49. The van der Waals surface area contributed by atoms with E-state index in [0.717, 1.165) is 11.3 Å². The number of esters is 1. The number of aryl methyl sites for hydroxylation is 2. The molecule has 0 unspecified atom stereocenters. The van der Waals surface area contributed by atoms with Crippen molar-refractivity contribution in [3.8, 4) is 11.5 Å². The maximum atomic E-state index is 13.5. The number of ether oxygens (including phenoxy) is 3. The standard InChI is InChI=1S/C28H28N2O7S/c1-6-36-20-11-9-8-10-19(20)22-21(23(31)18-13-12-17(35-5)14-15(18)3)24(32)26(33)30(22)28-29-16(4)25(38-28)27(34)37-7-2/h8-14,22,31H,6-7H2,1-5H3/b23-21+/t22-/m1/s1. The highest BCUT2D eigenvalue weighted by atomic mass is 32.1. The minimum Gasteiger partial charge on any atom is -0.507 e. The number of amides is 1. The number of aromatic nitrogens is 1. The predicted octanol–water partition coefficient (Wildman–Crippen LogP) is 4.97. The van der Waals surface area contributed by atoms with E-state index < -0.39 is 23.7 Å². The highest BCUT2D eigenvalue weighted by molar-refractivity contribution is 7.17. The molecule has 2 heterocycles. The molecule has 2 aromatic carbocycles. The number of carbonyl (C=O) groups is 3. The Bertz CT molecular complexity index is 1440. The summed E-state index contributed by atoms with van der Waals surface area (Å²) in [6, 6.07) is 11.0. The third-order valence-corrected chi connectivity index (χ3v) is 7.24. The van der Waals surface area contributed by atoms with Crippen LogP contribution < -0.4 is 14.4 Å². The van der Waals surface area contributed by atoms with Crippen LogP contribution in [0.3, 0.4) is 0 Å². The summed E-state index contributed by atoms with van der Waals surface area (Å²) in [5.74, 6) is -1.62. The van der Waals surface area contributed by atoms with Crippen LogP contribution >= 0.6 is 11.3 Å². The molecule has 4 rings (SSSR count). The third kappa shape index (κ3) is 4.74. The number of nitrogens with zero attached hydrogens (tertiary/aromatic N) is 2. The minimum atomic E-state index is -1.06. The Morgan fingerprint density at radius 1 is 1.11 bits per heavy atom. The number of aliphatic hydroxyl groups excluding tert-OH is 1. The second-order valence-corrected chi connectivity index (χ2v) is 9.43. The zero-order chi connectivity index (χ0) is 27.6. The fourth-order valence-electron chi connectivity index (χ4n) is 4.36. The molecule has 1 saturated heterocycles. The van der Waals surface area contributed by atoms with E-state index >= 15 is 0 Å². The van der Waals surface area contributed by atoms with Gasteiger partial charge in [-0.1, -0.05) is 29.5 Å². The molecular weight excluding hydrogens is 508 g/mol. The lowest BCUT2D eigenvalue weighted by atomic mass is 9.93. The number of thiazole rings is 1. The van der Waals surface area contributed by atoms with Gasteiger partial charge in [-0.3, -0.25) is 14.5 Å². The van der Waals surface area contributed by atoms with Gasteiger partial charge in [-0.25, -0.2) is 9.78 Å². The average molecular weight is 537 g/mol. The number of hydrogen-bond donors (Lipinski definition) is 1. The van der Waals surface area contributed by atoms with Gasteiger partial charge in [0.1, 0.15) is 28.2 Å². The van der Waals surface area contributed by atoms with Crippen LogP contribution in [0.25, 0.3) is 5.76 Å². The van der Waals surface area contributed by atoms with Crippen LogP contribution in [0.1, 0.15) is 51.9 Å². The summed E-state index contributed by atoms with van der Waals surface area (Å²) >= 11 is 0.952. The number of rotatable bonds is 8. The second-order valence-electron chi connectivity index (χ2n) is 8.45. The number of Topliss-reactive ketones (excluding diaryl/α,β-unsaturated/α-hetero) is 1. The first-order valence-electron chi connectivity index (χ1n) is 12.1. The average Bonchev–Trinajstić information content (AvgIpc) is 3.40. The Morgan fingerprint density at radius 2 is 1.84 bits per heavy atom. The number of carbonyl (C=O) groups excluding carboxylic acids is 3. The molecular formula is C28H28N2O7S. The van der Waals surface area contributed by atoms with E-state index in [2.05, 4.69) is 4.98 Å². The van der Waals surface area contributed by atoms with E-state index in [4.69, 9.17) is 14.2 Å². The SMILES string of the molecule is CCOC(=O)c1sc(N2C(=O)C(=O)/C(=C(/O)c3ccc(OC)cc3C)[C@H]2c2ccccc2OCC)nc1C. The lowest BCUT2D eigenvalue weighted by Gasteiger charge is -2.25. The van der Waals surface area contributed by atoms with Crippen molar-refractivity contribution < 1.29 is 33.7 Å². The lowest BCUT2D eigenvalue weighted by molar-refractivity contribution is -0.132. The van der Waals surface area contributed by atoms with Crippen molar-refractivity contribution in [2.75, 3.05) is 25.2 Å². The van der Waals surface area contributed by atoms with Gasteiger partial charge in [0.05, 0.1) is 31.6 Å². The van der Waals surface area contributed by atoms with Crippen LogP contribution in [-0.2, 0) is 14.3 Å². The van der Waals surface area contributed by atoms with E-state index in [1.165, 1.54) is 12.0 Å². The molecule has 198 valence electrons. The van der Waals surface area contributed by atoms with E-state index in [9.17, 15) is 19.5 Å². The Labute approximate surface area is 224 Å². The van der Waals surface area contributed by atoms with E-state index in [0.29, 0.717) is 40.5 Å². The highest BCUT2D eigenvalue weighted by Crippen LogP contribution is 2.46. The van der Waals surface area contributed by atoms with Gasteiger partial charge in [-0.05, 0) is 57.5 Å². The maximum Gasteiger partial charge on any atom is 0.350 e. The molecule has 0 bridgehead atoms. The van der Waals surface area contributed by atoms with E-state index in [1.807, 2.05) is 6.92 Å². The molecule has 0 radical (unpaired) electrons. The van der Waals surface area contributed by atoms with Crippen molar-refractivity contribution in [1.29, 1.82) is 0 Å². The number of benzene rings is 2. The summed E-state index contributed by atoms with van der Waals surface area (Å²) in [5.41, 5.74) is 1.78. The quantitative estimate of drug-likeness (QED) is 0.186. The molecule has 1 amide bonds. The molecule has 1 aliphatic rings. The molecule has 1 atom stereocenters. The summed E-state index contributed by atoms with van der Waals surface area (Å²) in [6.07, 6.45) is 0. The Morgan fingerprint density at radius 3 is 2.50 bits per heavy atom. The summed E-state index contributed by atoms with van der Waals surface area (Å²) in [7, 11) is 1.53. The van der Waals surface area contributed by atoms with Gasteiger partial charge in [-0.2, -0.15) is 0 Å². The summed E-state index contributed by atoms with van der Waals surface area (Å²) in [6.45, 7) is 7.44. The smallest absolute Gasteiger partial charge is 0.350 e. The predicted molar refractivity (Wildman–Crippen MR) is 143 cm³/mol. The Kier molecular flexibility index (Phi) is 7.82. The van der Waals surface area contributed by atoms with E-state index in [1.54, 1.807) is 63.2 Å². The Balaban J connectivity index is 1.96. The number of methoxy groups -OCH3 is 1. The minimum absolute atomic E-state index is 0.110. The zero-order valence-electron chi connectivity index (χ0n) is 21.7. The van der Waals surface area contributed by atoms with Gasteiger partial charge in [0.2, 0.25) is 0 Å². The maximum absolute atomic E-state index is 13.5. The van der Waals surface area contributed by atoms with Crippen molar-refractivity contribution >= 4 is 39.9 Å². The third-order valence-electron chi connectivity index (χ3n) is 6.10. The van der Waals surface area contributed by atoms with Crippen LogP contribution in [0.2, 0.25) is 0 Å². The zero-order valence-corrected chi connectivity index (χ0v) is 22.5. The van der Waals surface area contributed by atoms with Gasteiger partial charge in [0.15, 0.2) is 5.13 Å². The molecule has 1 aliphatic heterocycles. The number of ketones is 1. The van der Waals surface area contributed by atoms with Crippen LogP contribution in [0.5, 0.6) is 11.5 Å². The van der Waals surface area contributed by atoms with Crippen LogP contribution in [0.4, 0.5) is 5.13 Å². The molecule has 0 spiro atoms. The molecule has 9 nitrogen and oxygen atoms in total. The van der Waals surface area contributed by atoms with Crippen LogP contribution in [-0.4, -0.2) is 48.1 Å². The molecule has 38 heavy (non-hydrogen) atoms. The van der Waals surface area contributed by atoms with Gasteiger partial charge >= 0.3 is 11.9 Å². The molecule has 3 aromatic rings. The van der Waals surface area contributed by atoms with Crippen molar-refractivity contribution in [2.45, 2.75) is 33.7 Å². The molecule has 1 aromatic heterocycles. The number of aliphatic hydroxyl groups is 1. The first-order chi connectivity index (χ1) is 18.2. The fraction of sp³-hybridized carbons (Fsp3) is 0.286. The fourth-order valence-corrected chi connectivity index (χ4v) is 5.35. The first kappa shape index (κ1) is 26.9.